The molecule has 6 nitrogen and oxygen atoms in total. The number of hydrogen-bond donors (Lipinski definition) is 3. The average molecular weight is 361 g/mol. The first kappa shape index (κ1) is 21.0. The Morgan fingerprint density at radius 2 is 2.04 bits per heavy atom. The van der Waals surface area contributed by atoms with Crippen molar-refractivity contribution in [1.29, 1.82) is 0 Å². The molecule has 0 bridgehead atoms. The Kier molecular flexibility index (Phi) is 8.84. The Bertz CT molecular complexity index is 419. The molecule has 0 radical (unpaired) electrons. The first-order valence-corrected chi connectivity index (χ1v) is 9.01. The van der Waals surface area contributed by atoms with Gasteiger partial charge in [-0.1, -0.05) is 20.8 Å². The molecule has 7 heteroatoms. The van der Waals surface area contributed by atoms with E-state index in [0.717, 1.165) is 38.9 Å². The molecule has 2 fully saturated rings. The summed E-state index contributed by atoms with van der Waals surface area (Å²) in [6.07, 6.45) is 2.76. The van der Waals surface area contributed by atoms with Gasteiger partial charge in [-0.2, -0.15) is 0 Å². The lowest BCUT2D eigenvalue weighted by Crippen LogP contribution is -2.53. The Morgan fingerprint density at radius 3 is 2.71 bits per heavy atom. The van der Waals surface area contributed by atoms with E-state index < -0.39 is 0 Å². The van der Waals surface area contributed by atoms with E-state index in [1.165, 1.54) is 0 Å². The summed E-state index contributed by atoms with van der Waals surface area (Å²) in [7, 11) is 0. The number of carbonyl (C=O) groups excluding carboxylic acids is 2. The van der Waals surface area contributed by atoms with Gasteiger partial charge in [-0.15, -0.1) is 12.4 Å². The van der Waals surface area contributed by atoms with Crippen LogP contribution in [0.2, 0.25) is 0 Å². The Labute approximate surface area is 151 Å². The van der Waals surface area contributed by atoms with Crippen LogP contribution in [0.4, 0.5) is 4.79 Å². The van der Waals surface area contributed by atoms with Crippen LogP contribution in [0.3, 0.4) is 0 Å². The molecule has 0 aromatic carbocycles. The lowest BCUT2D eigenvalue weighted by atomic mass is 9.92. The van der Waals surface area contributed by atoms with E-state index in [1.807, 2.05) is 0 Å². The van der Waals surface area contributed by atoms with Gasteiger partial charge in [0, 0.05) is 25.7 Å². The van der Waals surface area contributed by atoms with Gasteiger partial charge < -0.3 is 20.9 Å². The van der Waals surface area contributed by atoms with Crippen molar-refractivity contribution in [3.8, 4) is 0 Å². The highest BCUT2D eigenvalue weighted by Crippen LogP contribution is 2.18. The van der Waals surface area contributed by atoms with Gasteiger partial charge in [-0.05, 0) is 44.2 Å². The summed E-state index contributed by atoms with van der Waals surface area (Å²) in [6, 6.07) is 0.223. The number of rotatable bonds is 4. The zero-order chi connectivity index (χ0) is 16.8. The van der Waals surface area contributed by atoms with E-state index in [4.69, 9.17) is 0 Å². The van der Waals surface area contributed by atoms with E-state index in [9.17, 15) is 9.59 Å². The smallest absolute Gasteiger partial charge is 0.317 e. The molecule has 140 valence electrons. The molecule has 0 aromatic heterocycles. The molecule has 2 heterocycles. The van der Waals surface area contributed by atoms with Gasteiger partial charge in [0.15, 0.2) is 0 Å². The van der Waals surface area contributed by atoms with Crippen molar-refractivity contribution in [3.05, 3.63) is 0 Å². The predicted molar refractivity (Wildman–Crippen MR) is 98.4 cm³/mol. The molecule has 24 heavy (non-hydrogen) atoms. The van der Waals surface area contributed by atoms with Crippen molar-refractivity contribution in [1.82, 2.24) is 20.9 Å². The molecule has 0 aromatic rings. The maximum absolute atomic E-state index is 12.6. The fraction of sp³-hybridized carbons (Fsp3) is 0.882. The largest absolute Gasteiger partial charge is 0.353 e. The van der Waals surface area contributed by atoms with Crippen molar-refractivity contribution in [2.24, 2.45) is 17.8 Å². The maximum Gasteiger partial charge on any atom is 0.317 e. The van der Waals surface area contributed by atoms with Gasteiger partial charge in [0.2, 0.25) is 5.91 Å². The number of carbonyl (C=O) groups is 2. The highest BCUT2D eigenvalue weighted by Gasteiger charge is 2.31. The van der Waals surface area contributed by atoms with Gasteiger partial charge in [0.05, 0.1) is 5.92 Å². The molecule has 2 aliphatic rings. The minimum Gasteiger partial charge on any atom is -0.353 e. The summed E-state index contributed by atoms with van der Waals surface area (Å²) in [5, 5.41) is 9.51. The van der Waals surface area contributed by atoms with Gasteiger partial charge in [0.1, 0.15) is 0 Å². The van der Waals surface area contributed by atoms with Crippen LogP contribution in [-0.2, 0) is 4.79 Å². The number of hydrogen-bond acceptors (Lipinski definition) is 3. The molecule has 2 rings (SSSR count). The summed E-state index contributed by atoms with van der Waals surface area (Å²) in [6.45, 7) is 10.2. The van der Waals surface area contributed by atoms with Crippen LogP contribution in [0.1, 0.15) is 40.0 Å². The number of piperidine rings is 2. The van der Waals surface area contributed by atoms with Crippen molar-refractivity contribution in [2.75, 3.05) is 32.7 Å². The molecule has 3 amide bonds. The van der Waals surface area contributed by atoms with Crippen LogP contribution in [0.5, 0.6) is 0 Å². The lowest BCUT2D eigenvalue weighted by molar-refractivity contribution is -0.127. The van der Waals surface area contributed by atoms with E-state index in [1.54, 1.807) is 4.90 Å². The average Bonchev–Trinajstić information content (AvgIpc) is 2.54. The summed E-state index contributed by atoms with van der Waals surface area (Å²) < 4.78 is 0. The molecular formula is C17H33ClN4O2. The number of nitrogens with zero attached hydrogens (tertiary/aromatic N) is 1. The fourth-order valence-corrected chi connectivity index (χ4v) is 3.31. The minimum atomic E-state index is -0.0735. The van der Waals surface area contributed by atoms with Crippen LogP contribution < -0.4 is 16.0 Å². The van der Waals surface area contributed by atoms with Gasteiger partial charge >= 0.3 is 6.03 Å². The topological polar surface area (TPSA) is 73.5 Å². The monoisotopic (exact) mass is 360 g/mol. The van der Waals surface area contributed by atoms with Gasteiger partial charge in [0.25, 0.3) is 0 Å². The molecule has 3 atom stereocenters. The molecule has 3 N–H and O–H groups in total. The first-order chi connectivity index (χ1) is 11.0. The van der Waals surface area contributed by atoms with Crippen molar-refractivity contribution < 1.29 is 9.59 Å². The molecular weight excluding hydrogens is 328 g/mol. The zero-order valence-corrected chi connectivity index (χ0v) is 16.0. The highest BCUT2D eigenvalue weighted by atomic mass is 35.5. The van der Waals surface area contributed by atoms with Crippen molar-refractivity contribution in [2.45, 2.75) is 46.1 Å². The van der Waals surface area contributed by atoms with Crippen LogP contribution in [0.15, 0.2) is 0 Å². The van der Waals surface area contributed by atoms with E-state index in [-0.39, 0.29) is 36.3 Å². The molecule has 2 saturated heterocycles. The van der Waals surface area contributed by atoms with E-state index in [2.05, 4.69) is 36.7 Å². The Morgan fingerprint density at radius 1 is 1.29 bits per heavy atom. The molecule has 0 saturated carbocycles. The fourth-order valence-electron chi connectivity index (χ4n) is 3.31. The summed E-state index contributed by atoms with van der Waals surface area (Å²) >= 11 is 0. The predicted octanol–water partition coefficient (Wildman–Crippen LogP) is 1.60. The van der Waals surface area contributed by atoms with Crippen LogP contribution in [0, 0.1) is 17.8 Å². The summed E-state index contributed by atoms with van der Waals surface area (Å²) in [5.41, 5.74) is 0. The molecule has 2 aliphatic heterocycles. The number of urea groups is 1. The minimum absolute atomic E-state index is 0. The summed E-state index contributed by atoms with van der Waals surface area (Å²) in [5.74, 6) is 0.937. The van der Waals surface area contributed by atoms with Gasteiger partial charge in [-0.3, -0.25) is 4.79 Å². The lowest BCUT2D eigenvalue weighted by Gasteiger charge is -2.35. The number of halogens is 1. The van der Waals surface area contributed by atoms with Crippen molar-refractivity contribution >= 4 is 24.3 Å². The standard InChI is InChI=1S/C17H32N4O2.ClH/c1-12(2)9-19-17(23)21-8-4-5-14(11-21)16(22)20-15-6-7-18-10-13(15)3;/h12-15,18H,4-11H2,1-3H3,(H,19,23)(H,20,22);1H. The van der Waals surface area contributed by atoms with Crippen LogP contribution in [-0.4, -0.2) is 55.6 Å². The molecule has 0 aliphatic carbocycles. The number of amides is 3. The normalized spacial score (nSPS) is 27.3. The Balaban J connectivity index is 0.00000288. The second-order valence-electron chi connectivity index (χ2n) is 7.45. The summed E-state index contributed by atoms with van der Waals surface area (Å²) in [4.78, 5) is 26.5. The van der Waals surface area contributed by atoms with Crippen LogP contribution >= 0.6 is 12.4 Å². The number of nitrogens with one attached hydrogen (secondary N) is 3. The van der Waals surface area contributed by atoms with E-state index >= 15 is 0 Å². The SMILES string of the molecule is CC(C)CNC(=O)N1CCCC(C(=O)NC2CCNCC2C)C1.Cl. The highest BCUT2D eigenvalue weighted by molar-refractivity contribution is 5.85. The first-order valence-electron chi connectivity index (χ1n) is 9.01. The maximum atomic E-state index is 12.6. The third-order valence-corrected chi connectivity index (χ3v) is 4.85. The second-order valence-corrected chi connectivity index (χ2v) is 7.45. The zero-order valence-electron chi connectivity index (χ0n) is 15.1. The van der Waals surface area contributed by atoms with Gasteiger partial charge in [-0.25, -0.2) is 4.79 Å². The molecule has 3 unspecified atom stereocenters. The van der Waals surface area contributed by atoms with Crippen molar-refractivity contribution in [3.63, 3.8) is 0 Å². The number of likely N-dealkylation sites (tertiary alicyclic amines) is 1. The van der Waals surface area contributed by atoms with Crippen LogP contribution in [0.25, 0.3) is 0 Å². The quantitative estimate of drug-likeness (QED) is 0.713. The second kappa shape index (κ2) is 10.1. The van der Waals surface area contributed by atoms with E-state index in [0.29, 0.717) is 24.9 Å². The molecule has 0 spiro atoms. The Hall–Kier alpha value is -1.01. The third-order valence-electron chi connectivity index (χ3n) is 4.85. The third kappa shape index (κ3) is 6.13.